The number of aliphatic carboxylic acids is 1. The van der Waals surface area contributed by atoms with Gasteiger partial charge in [-0.3, -0.25) is 9.59 Å². The third kappa shape index (κ3) is 6.70. The number of rotatable bonds is 8. The molecule has 0 aliphatic heterocycles. The van der Waals surface area contributed by atoms with Gasteiger partial charge in [0.15, 0.2) is 0 Å². The molecule has 0 unspecified atom stereocenters. The summed E-state index contributed by atoms with van der Waals surface area (Å²) in [5.74, 6) is -1.23. The van der Waals surface area contributed by atoms with Crippen molar-refractivity contribution in [3.8, 4) is 0 Å². The number of amides is 1. The van der Waals surface area contributed by atoms with Crippen molar-refractivity contribution in [2.45, 2.75) is 33.6 Å². The van der Waals surface area contributed by atoms with Gasteiger partial charge in [-0.25, -0.2) is 4.39 Å². The van der Waals surface area contributed by atoms with E-state index in [4.69, 9.17) is 5.11 Å². The van der Waals surface area contributed by atoms with Crippen LogP contribution in [0.3, 0.4) is 0 Å². The van der Waals surface area contributed by atoms with Gasteiger partial charge in [0, 0.05) is 13.0 Å². The molecular weight excluding hydrogens is 285 g/mol. The molecule has 1 amide bonds. The average molecular weight is 309 g/mol. The lowest BCUT2D eigenvalue weighted by atomic mass is 9.97. The first kappa shape index (κ1) is 18.1. The van der Waals surface area contributed by atoms with Crippen molar-refractivity contribution in [3.05, 3.63) is 35.6 Å². The minimum absolute atomic E-state index is 0.0257. The summed E-state index contributed by atoms with van der Waals surface area (Å²) >= 11 is 0. The summed E-state index contributed by atoms with van der Waals surface area (Å²) in [5.41, 5.74) is 0.842. The zero-order chi connectivity index (χ0) is 16.7. The Morgan fingerprint density at radius 3 is 2.50 bits per heavy atom. The first-order chi connectivity index (χ1) is 10.3. The van der Waals surface area contributed by atoms with Gasteiger partial charge in [-0.05, 0) is 36.0 Å². The van der Waals surface area contributed by atoms with Gasteiger partial charge in [-0.2, -0.15) is 0 Å². The Morgan fingerprint density at radius 1 is 1.27 bits per heavy atom. The number of halogens is 1. The number of carboxylic acids is 1. The van der Waals surface area contributed by atoms with Crippen molar-refractivity contribution >= 4 is 11.9 Å². The van der Waals surface area contributed by atoms with Gasteiger partial charge in [0.1, 0.15) is 12.4 Å². The fourth-order valence-corrected chi connectivity index (χ4v) is 2.42. The van der Waals surface area contributed by atoms with Gasteiger partial charge >= 0.3 is 5.97 Å². The topological polar surface area (TPSA) is 57.6 Å². The van der Waals surface area contributed by atoms with E-state index in [0.29, 0.717) is 13.0 Å². The quantitative estimate of drug-likeness (QED) is 0.803. The molecule has 0 saturated heterocycles. The van der Waals surface area contributed by atoms with E-state index in [9.17, 15) is 14.0 Å². The lowest BCUT2D eigenvalue weighted by Crippen LogP contribution is -2.39. The average Bonchev–Trinajstić information content (AvgIpc) is 2.36. The molecule has 0 saturated carbocycles. The number of hydrogen-bond donors (Lipinski definition) is 1. The summed E-state index contributed by atoms with van der Waals surface area (Å²) in [6, 6.07) is 6.32. The number of carbonyl (C=O) groups is 2. The van der Waals surface area contributed by atoms with Gasteiger partial charge in [-0.15, -0.1) is 0 Å². The molecule has 0 radical (unpaired) electrons. The minimum Gasteiger partial charge on any atom is -0.480 e. The molecule has 1 aromatic carbocycles. The summed E-state index contributed by atoms with van der Waals surface area (Å²) < 4.78 is 13.2. The standard InChI is InChI=1S/C17H24FNO3/c1-12(2)10-19(11-17(21)22)16(20)8-13(3)7-14-5-4-6-15(18)9-14/h4-6,9,12-13H,7-8,10-11H2,1-3H3,(H,21,22)/t13-/m0/s1. The predicted octanol–water partition coefficient (Wildman–Crippen LogP) is 2.96. The molecule has 0 aliphatic rings. The van der Waals surface area contributed by atoms with E-state index in [-0.39, 0.29) is 36.5 Å². The van der Waals surface area contributed by atoms with Crippen LogP contribution >= 0.6 is 0 Å². The number of hydrogen-bond acceptors (Lipinski definition) is 2. The van der Waals surface area contributed by atoms with Crippen LogP contribution < -0.4 is 0 Å². The second-order valence-corrected chi connectivity index (χ2v) is 6.21. The number of nitrogens with zero attached hydrogens (tertiary/aromatic N) is 1. The minimum atomic E-state index is -1.01. The monoisotopic (exact) mass is 309 g/mol. The third-order valence-electron chi connectivity index (χ3n) is 3.26. The fraction of sp³-hybridized carbons (Fsp3) is 0.529. The third-order valence-corrected chi connectivity index (χ3v) is 3.26. The predicted molar refractivity (Wildman–Crippen MR) is 82.9 cm³/mol. The molecule has 0 bridgehead atoms. The normalized spacial score (nSPS) is 12.2. The highest BCUT2D eigenvalue weighted by Crippen LogP contribution is 2.15. The van der Waals surface area contributed by atoms with Crippen LogP contribution in [0.1, 0.15) is 32.8 Å². The van der Waals surface area contributed by atoms with E-state index < -0.39 is 5.97 Å². The molecule has 1 N–H and O–H groups in total. The van der Waals surface area contributed by atoms with Gasteiger partial charge in [0.2, 0.25) is 5.91 Å². The highest BCUT2D eigenvalue weighted by molar-refractivity contribution is 5.81. The molecule has 122 valence electrons. The van der Waals surface area contributed by atoms with Gasteiger partial charge < -0.3 is 10.0 Å². The summed E-state index contributed by atoms with van der Waals surface area (Å²) in [6.07, 6.45) is 0.850. The molecule has 0 fully saturated rings. The number of carbonyl (C=O) groups excluding carboxylic acids is 1. The van der Waals surface area contributed by atoms with Crippen molar-refractivity contribution in [1.29, 1.82) is 0 Å². The lowest BCUT2D eigenvalue weighted by Gasteiger charge is -2.24. The molecular formula is C17H24FNO3. The van der Waals surface area contributed by atoms with Crippen molar-refractivity contribution < 1.29 is 19.1 Å². The number of benzene rings is 1. The molecule has 4 nitrogen and oxygen atoms in total. The van der Waals surface area contributed by atoms with Crippen molar-refractivity contribution in [1.82, 2.24) is 4.90 Å². The largest absolute Gasteiger partial charge is 0.480 e. The molecule has 1 aromatic rings. The van der Waals surface area contributed by atoms with E-state index in [1.165, 1.54) is 17.0 Å². The van der Waals surface area contributed by atoms with Gasteiger partial charge in [0.25, 0.3) is 0 Å². The maximum absolute atomic E-state index is 13.2. The zero-order valence-electron chi connectivity index (χ0n) is 13.4. The highest BCUT2D eigenvalue weighted by atomic mass is 19.1. The summed E-state index contributed by atoms with van der Waals surface area (Å²) in [7, 11) is 0. The number of carboxylic acid groups (broad SMARTS) is 1. The Hall–Kier alpha value is -1.91. The van der Waals surface area contributed by atoms with Crippen molar-refractivity contribution in [3.63, 3.8) is 0 Å². The molecule has 1 atom stereocenters. The van der Waals surface area contributed by atoms with Crippen LogP contribution in [-0.2, 0) is 16.0 Å². The Bertz CT molecular complexity index is 516. The lowest BCUT2D eigenvalue weighted by molar-refractivity contribution is -0.145. The van der Waals surface area contributed by atoms with Gasteiger partial charge in [-0.1, -0.05) is 32.9 Å². The van der Waals surface area contributed by atoms with Crippen LogP contribution in [0, 0.1) is 17.7 Å². The maximum atomic E-state index is 13.2. The van der Waals surface area contributed by atoms with E-state index >= 15 is 0 Å². The molecule has 1 rings (SSSR count). The first-order valence-electron chi connectivity index (χ1n) is 7.52. The Labute approximate surface area is 130 Å². The Morgan fingerprint density at radius 2 is 1.95 bits per heavy atom. The van der Waals surface area contributed by atoms with Crippen molar-refractivity contribution in [2.24, 2.45) is 11.8 Å². The first-order valence-corrected chi connectivity index (χ1v) is 7.52. The maximum Gasteiger partial charge on any atom is 0.323 e. The fourth-order valence-electron chi connectivity index (χ4n) is 2.42. The molecule has 0 aliphatic carbocycles. The SMILES string of the molecule is CC(C)CN(CC(=O)O)C(=O)C[C@@H](C)Cc1cccc(F)c1. The molecule has 0 aromatic heterocycles. The van der Waals surface area contributed by atoms with E-state index in [0.717, 1.165) is 5.56 Å². The second-order valence-electron chi connectivity index (χ2n) is 6.21. The van der Waals surface area contributed by atoms with Crippen molar-refractivity contribution in [2.75, 3.05) is 13.1 Å². The van der Waals surface area contributed by atoms with Crippen LogP contribution in [0.2, 0.25) is 0 Å². The van der Waals surface area contributed by atoms with Crippen LogP contribution in [-0.4, -0.2) is 35.0 Å². The van der Waals surface area contributed by atoms with E-state index in [1.54, 1.807) is 6.07 Å². The second kappa shape index (κ2) is 8.51. The van der Waals surface area contributed by atoms with Crippen LogP contribution in [0.5, 0.6) is 0 Å². The smallest absolute Gasteiger partial charge is 0.323 e. The molecule has 5 heteroatoms. The molecule has 0 heterocycles. The van der Waals surface area contributed by atoms with Crippen LogP contribution in [0.4, 0.5) is 4.39 Å². The highest BCUT2D eigenvalue weighted by Gasteiger charge is 2.20. The summed E-state index contributed by atoms with van der Waals surface area (Å²) in [6.45, 7) is 5.95. The Kier molecular flexibility index (Phi) is 7.02. The summed E-state index contributed by atoms with van der Waals surface area (Å²) in [5, 5.41) is 8.91. The zero-order valence-corrected chi connectivity index (χ0v) is 13.4. The van der Waals surface area contributed by atoms with Crippen LogP contribution in [0.25, 0.3) is 0 Å². The summed E-state index contributed by atoms with van der Waals surface area (Å²) in [4.78, 5) is 24.5. The van der Waals surface area contributed by atoms with E-state index in [1.807, 2.05) is 26.8 Å². The van der Waals surface area contributed by atoms with Gasteiger partial charge in [0.05, 0.1) is 0 Å². The Balaban J connectivity index is 2.61. The molecule has 0 spiro atoms. The van der Waals surface area contributed by atoms with Crippen LogP contribution in [0.15, 0.2) is 24.3 Å². The van der Waals surface area contributed by atoms with E-state index in [2.05, 4.69) is 0 Å². The molecule has 22 heavy (non-hydrogen) atoms.